The first-order chi connectivity index (χ1) is 14.8. The van der Waals surface area contributed by atoms with Crippen LogP contribution in [0.3, 0.4) is 0 Å². The second kappa shape index (κ2) is 7.18. The van der Waals surface area contributed by atoms with Gasteiger partial charge in [-0.3, -0.25) is 4.79 Å². The summed E-state index contributed by atoms with van der Waals surface area (Å²) in [5, 5.41) is 13.2. The number of aromatic nitrogens is 3. The van der Waals surface area contributed by atoms with Crippen molar-refractivity contribution in [2.75, 3.05) is 16.8 Å². The number of fused-ring (bicyclic) bond motifs is 1. The Bertz CT molecular complexity index is 1170. The molecule has 11 heteroatoms. The fraction of sp³-hybridized carbons (Fsp3) is 0.600. The molecule has 2 aromatic rings. The van der Waals surface area contributed by atoms with E-state index in [-0.39, 0.29) is 29.4 Å². The number of hydrogen-bond donors (Lipinski definition) is 2. The van der Waals surface area contributed by atoms with Crippen molar-refractivity contribution < 1.29 is 18.0 Å². The van der Waals surface area contributed by atoms with Crippen LogP contribution in [0.1, 0.15) is 44.6 Å². The SMILES string of the molecule is CCn1ncc2c(NC3CCS(=O)(=O)CC3)c(C3=NOC4(C3)CC(C(N)=O)C4)cnc21. The molecule has 5 rings (SSSR count). The van der Waals surface area contributed by atoms with E-state index in [0.29, 0.717) is 38.6 Å². The van der Waals surface area contributed by atoms with Crippen LogP contribution in [-0.2, 0) is 26.0 Å². The molecule has 2 aromatic heterocycles. The molecule has 3 N–H and O–H groups in total. The van der Waals surface area contributed by atoms with Gasteiger partial charge in [0, 0.05) is 49.5 Å². The number of oxime groups is 1. The van der Waals surface area contributed by atoms with E-state index < -0.39 is 15.4 Å². The van der Waals surface area contributed by atoms with Gasteiger partial charge in [0.2, 0.25) is 5.91 Å². The van der Waals surface area contributed by atoms with Crippen molar-refractivity contribution in [3.63, 3.8) is 0 Å². The molecule has 3 aliphatic rings. The summed E-state index contributed by atoms with van der Waals surface area (Å²) >= 11 is 0. The summed E-state index contributed by atoms with van der Waals surface area (Å²) in [7, 11) is -2.95. The van der Waals surface area contributed by atoms with E-state index in [9.17, 15) is 13.2 Å². The summed E-state index contributed by atoms with van der Waals surface area (Å²) < 4.78 is 25.5. The lowest BCUT2D eigenvalue weighted by molar-refractivity contribution is -0.144. The van der Waals surface area contributed by atoms with E-state index in [0.717, 1.165) is 28.0 Å². The monoisotopic (exact) mass is 446 g/mol. The van der Waals surface area contributed by atoms with Gasteiger partial charge >= 0.3 is 0 Å². The molecule has 0 radical (unpaired) electrons. The van der Waals surface area contributed by atoms with Gasteiger partial charge in [-0.25, -0.2) is 18.1 Å². The molecule has 31 heavy (non-hydrogen) atoms. The number of aryl methyl sites for hydroxylation is 1. The van der Waals surface area contributed by atoms with Crippen LogP contribution in [-0.4, -0.2) is 57.9 Å². The second-order valence-corrected chi connectivity index (χ2v) is 11.1. The highest BCUT2D eigenvalue weighted by Gasteiger charge is 2.53. The molecule has 1 amide bonds. The number of nitrogens with zero attached hydrogens (tertiary/aromatic N) is 4. The largest absolute Gasteiger partial charge is 0.388 e. The molecule has 2 fully saturated rings. The Labute approximate surface area is 180 Å². The Morgan fingerprint density at radius 1 is 1.32 bits per heavy atom. The second-order valence-electron chi connectivity index (χ2n) is 8.81. The molecule has 166 valence electrons. The predicted octanol–water partition coefficient (Wildman–Crippen LogP) is 1.20. The fourth-order valence-corrected chi connectivity index (χ4v) is 6.29. The standard InChI is InChI=1S/C20H26N6O4S/c1-2-26-19-15(11-23-26)17(24-13-3-5-31(28,29)6-4-13)14(10-22-19)16-9-20(30-25-16)7-12(8-20)18(21)27/h10-13H,2-9H2,1H3,(H2,21,27)(H,22,24). The lowest BCUT2D eigenvalue weighted by Gasteiger charge is -2.40. The number of carbonyl (C=O) groups excluding carboxylic acids is 1. The molecule has 1 saturated carbocycles. The minimum absolute atomic E-state index is 0.0395. The first kappa shape index (κ1) is 20.2. The summed E-state index contributed by atoms with van der Waals surface area (Å²) in [6.07, 6.45) is 6.41. The third-order valence-corrected chi connectivity index (χ3v) is 8.37. The Balaban J connectivity index is 1.46. The Morgan fingerprint density at radius 2 is 2.06 bits per heavy atom. The zero-order valence-electron chi connectivity index (χ0n) is 17.4. The highest BCUT2D eigenvalue weighted by atomic mass is 32.2. The smallest absolute Gasteiger partial charge is 0.220 e. The maximum atomic E-state index is 11.8. The summed E-state index contributed by atoms with van der Waals surface area (Å²) in [4.78, 5) is 21.8. The molecule has 2 aliphatic heterocycles. The number of hydrogen-bond acceptors (Lipinski definition) is 8. The van der Waals surface area contributed by atoms with Crippen molar-refractivity contribution >= 4 is 38.2 Å². The fourth-order valence-electron chi connectivity index (χ4n) is 4.80. The first-order valence-corrected chi connectivity index (χ1v) is 12.5. The molecule has 1 spiro atoms. The summed E-state index contributed by atoms with van der Waals surface area (Å²) in [6, 6.07) is 0.0395. The molecule has 1 saturated heterocycles. The number of anilines is 1. The van der Waals surface area contributed by atoms with Gasteiger partial charge in [-0.2, -0.15) is 5.10 Å². The van der Waals surface area contributed by atoms with Crippen molar-refractivity contribution in [3.05, 3.63) is 18.0 Å². The van der Waals surface area contributed by atoms with E-state index in [1.165, 1.54) is 0 Å². The number of carbonyl (C=O) groups is 1. The topological polar surface area (TPSA) is 142 Å². The van der Waals surface area contributed by atoms with Crippen LogP contribution in [0.25, 0.3) is 11.0 Å². The number of nitrogens with two attached hydrogens (primary N) is 1. The molecule has 1 aliphatic carbocycles. The van der Waals surface area contributed by atoms with Crippen molar-refractivity contribution in [1.82, 2.24) is 14.8 Å². The van der Waals surface area contributed by atoms with Crippen molar-refractivity contribution in [3.8, 4) is 0 Å². The molecular weight excluding hydrogens is 420 g/mol. The van der Waals surface area contributed by atoms with Crippen LogP contribution in [0.15, 0.2) is 17.5 Å². The number of amides is 1. The van der Waals surface area contributed by atoms with Crippen LogP contribution in [0.4, 0.5) is 5.69 Å². The number of pyridine rings is 1. The Kier molecular flexibility index (Phi) is 4.68. The van der Waals surface area contributed by atoms with Gasteiger partial charge in [0.25, 0.3) is 0 Å². The van der Waals surface area contributed by atoms with Crippen molar-refractivity contribution in [2.24, 2.45) is 16.8 Å². The van der Waals surface area contributed by atoms with Gasteiger partial charge in [-0.1, -0.05) is 5.16 Å². The highest BCUT2D eigenvalue weighted by molar-refractivity contribution is 7.91. The van der Waals surface area contributed by atoms with Gasteiger partial charge in [-0.05, 0) is 19.8 Å². The van der Waals surface area contributed by atoms with Crippen LogP contribution < -0.4 is 11.1 Å². The number of rotatable bonds is 5. The molecule has 0 unspecified atom stereocenters. The van der Waals surface area contributed by atoms with E-state index in [1.54, 1.807) is 12.4 Å². The summed E-state index contributed by atoms with van der Waals surface area (Å²) in [5.74, 6) is -0.0964. The molecule has 4 heterocycles. The molecule has 10 nitrogen and oxygen atoms in total. The summed E-state index contributed by atoms with van der Waals surface area (Å²) in [5.41, 5.74) is 8.18. The van der Waals surface area contributed by atoms with E-state index in [4.69, 9.17) is 10.6 Å². The third-order valence-electron chi connectivity index (χ3n) is 6.66. The number of sulfone groups is 1. The van der Waals surface area contributed by atoms with Crippen LogP contribution in [0.2, 0.25) is 0 Å². The number of nitrogens with one attached hydrogen (secondary N) is 1. The molecule has 0 atom stereocenters. The molecule has 0 bridgehead atoms. The third kappa shape index (κ3) is 3.54. The number of primary amides is 1. The van der Waals surface area contributed by atoms with Gasteiger partial charge in [-0.15, -0.1) is 0 Å². The first-order valence-electron chi connectivity index (χ1n) is 10.7. The van der Waals surface area contributed by atoms with Crippen LogP contribution in [0, 0.1) is 5.92 Å². The maximum absolute atomic E-state index is 11.8. The average molecular weight is 447 g/mol. The Morgan fingerprint density at radius 3 is 2.74 bits per heavy atom. The average Bonchev–Trinajstić information content (AvgIpc) is 3.33. The predicted molar refractivity (Wildman–Crippen MR) is 115 cm³/mol. The zero-order chi connectivity index (χ0) is 21.8. The van der Waals surface area contributed by atoms with Crippen LogP contribution >= 0.6 is 0 Å². The van der Waals surface area contributed by atoms with Gasteiger partial charge in [0.15, 0.2) is 5.65 Å². The Hall–Kier alpha value is -2.69. The van der Waals surface area contributed by atoms with E-state index in [2.05, 4.69) is 20.6 Å². The highest BCUT2D eigenvalue weighted by Crippen LogP contribution is 2.47. The minimum atomic E-state index is -2.95. The lowest BCUT2D eigenvalue weighted by Crippen LogP contribution is -2.49. The van der Waals surface area contributed by atoms with Crippen molar-refractivity contribution in [2.45, 2.75) is 57.2 Å². The lowest BCUT2D eigenvalue weighted by atomic mass is 9.68. The van der Waals surface area contributed by atoms with Crippen LogP contribution in [0.5, 0.6) is 0 Å². The summed E-state index contributed by atoms with van der Waals surface area (Å²) in [6.45, 7) is 2.70. The maximum Gasteiger partial charge on any atom is 0.220 e. The minimum Gasteiger partial charge on any atom is -0.388 e. The van der Waals surface area contributed by atoms with E-state index in [1.807, 2.05) is 11.6 Å². The van der Waals surface area contributed by atoms with Gasteiger partial charge in [0.05, 0.1) is 34.5 Å². The van der Waals surface area contributed by atoms with Gasteiger partial charge < -0.3 is 15.9 Å². The van der Waals surface area contributed by atoms with E-state index >= 15 is 0 Å². The van der Waals surface area contributed by atoms with Gasteiger partial charge in [0.1, 0.15) is 15.4 Å². The molecule has 0 aromatic carbocycles. The zero-order valence-corrected chi connectivity index (χ0v) is 18.2. The molecular formula is C20H26N6O4S. The quantitative estimate of drug-likeness (QED) is 0.703. The van der Waals surface area contributed by atoms with Crippen molar-refractivity contribution in [1.29, 1.82) is 0 Å². The normalized spacial score (nSPS) is 22.8.